The predicted molar refractivity (Wildman–Crippen MR) is 79.1 cm³/mol. The highest BCUT2D eigenvalue weighted by Gasteiger charge is 2.19. The summed E-state index contributed by atoms with van der Waals surface area (Å²) in [6.07, 6.45) is 1.04. The number of nitrogens with two attached hydrogens (primary N) is 1. The largest absolute Gasteiger partial charge is 0.493 e. The highest BCUT2D eigenvalue weighted by atomic mass is 16.5. The fourth-order valence-electron chi connectivity index (χ4n) is 2.02. The van der Waals surface area contributed by atoms with Crippen LogP contribution in [0.15, 0.2) is 18.2 Å². The average molecular weight is 280 g/mol. The van der Waals surface area contributed by atoms with E-state index >= 15 is 0 Å². The van der Waals surface area contributed by atoms with Crippen LogP contribution in [0.25, 0.3) is 0 Å². The number of rotatable bonds is 7. The molecule has 5 nitrogen and oxygen atoms in total. The molecule has 0 saturated heterocycles. The van der Waals surface area contributed by atoms with Crippen LogP contribution < -0.4 is 20.5 Å². The molecule has 1 rings (SSSR count). The van der Waals surface area contributed by atoms with Gasteiger partial charge in [0.05, 0.1) is 20.6 Å². The molecule has 0 heterocycles. The van der Waals surface area contributed by atoms with Crippen molar-refractivity contribution in [1.29, 1.82) is 0 Å². The quantitative estimate of drug-likeness (QED) is 0.793. The van der Waals surface area contributed by atoms with E-state index in [4.69, 9.17) is 15.2 Å². The number of hydrogen-bond donors (Lipinski definition) is 2. The highest BCUT2D eigenvalue weighted by molar-refractivity contribution is 5.79. The number of methoxy groups -OCH3 is 2. The smallest absolute Gasteiger partial charge is 0.224 e. The number of benzene rings is 1. The first-order chi connectivity index (χ1) is 9.41. The lowest BCUT2D eigenvalue weighted by molar-refractivity contribution is -0.122. The fraction of sp³-hybridized carbons (Fsp3) is 0.533. The first kappa shape index (κ1) is 16.3. The molecule has 0 atom stereocenters. The van der Waals surface area contributed by atoms with Crippen LogP contribution in [0.4, 0.5) is 0 Å². The van der Waals surface area contributed by atoms with E-state index in [1.807, 2.05) is 26.0 Å². The van der Waals surface area contributed by atoms with E-state index in [0.717, 1.165) is 12.0 Å². The van der Waals surface area contributed by atoms with Gasteiger partial charge >= 0.3 is 0 Å². The number of carbonyl (C=O) groups is 1. The second kappa shape index (κ2) is 7.14. The summed E-state index contributed by atoms with van der Waals surface area (Å²) in [5.74, 6) is 1.25. The second-order valence-electron chi connectivity index (χ2n) is 5.34. The molecular formula is C15H24N2O3. The average Bonchev–Trinajstić information content (AvgIpc) is 2.37. The van der Waals surface area contributed by atoms with E-state index in [-0.39, 0.29) is 11.4 Å². The molecule has 112 valence electrons. The summed E-state index contributed by atoms with van der Waals surface area (Å²) >= 11 is 0. The molecule has 0 radical (unpaired) electrons. The van der Waals surface area contributed by atoms with Crippen LogP contribution in [0, 0.1) is 0 Å². The Hall–Kier alpha value is -1.75. The molecule has 0 fully saturated rings. The minimum Gasteiger partial charge on any atom is -0.493 e. The van der Waals surface area contributed by atoms with Crippen molar-refractivity contribution in [2.24, 2.45) is 5.73 Å². The van der Waals surface area contributed by atoms with E-state index in [1.165, 1.54) is 0 Å². The van der Waals surface area contributed by atoms with E-state index < -0.39 is 0 Å². The maximum atomic E-state index is 12.0. The van der Waals surface area contributed by atoms with E-state index in [9.17, 15) is 4.79 Å². The zero-order valence-corrected chi connectivity index (χ0v) is 12.7. The van der Waals surface area contributed by atoms with Gasteiger partial charge in [-0.2, -0.15) is 0 Å². The van der Waals surface area contributed by atoms with Crippen molar-refractivity contribution in [3.8, 4) is 11.5 Å². The number of nitrogens with one attached hydrogen (secondary N) is 1. The van der Waals surface area contributed by atoms with Gasteiger partial charge in [0.2, 0.25) is 5.91 Å². The maximum absolute atomic E-state index is 12.0. The standard InChI is InChI=1S/C15H24N2O3/c1-15(2,7-8-16)17-14(18)10-11-5-6-12(19-3)13(9-11)20-4/h5-6,9H,7-8,10,16H2,1-4H3,(H,17,18). The Morgan fingerprint density at radius 1 is 1.25 bits per heavy atom. The van der Waals surface area contributed by atoms with Crippen LogP contribution >= 0.6 is 0 Å². The molecule has 0 unspecified atom stereocenters. The molecule has 5 heteroatoms. The lowest BCUT2D eigenvalue weighted by atomic mass is 10.00. The minimum absolute atomic E-state index is 0.0318. The lowest BCUT2D eigenvalue weighted by Gasteiger charge is -2.25. The normalized spacial score (nSPS) is 11.1. The first-order valence-corrected chi connectivity index (χ1v) is 6.64. The summed E-state index contributed by atoms with van der Waals surface area (Å²) in [6, 6.07) is 5.47. The van der Waals surface area contributed by atoms with Gasteiger partial charge in [0.25, 0.3) is 0 Å². The summed E-state index contributed by atoms with van der Waals surface area (Å²) in [4.78, 5) is 12.0. The summed E-state index contributed by atoms with van der Waals surface area (Å²) in [5.41, 5.74) is 6.12. The topological polar surface area (TPSA) is 73.6 Å². The van der Waals surface area contributed by atoms with Gasteiger partial charge in [0, 0.05) is 5.54 Å². The number of amides is 1. The van der Waals surface area contributed by atoms with Crippen molar-refractivity contribution in [1.82, 2.24) is 5.32 Å². The zero-order chi connectivity index (χ0) is 15.2. The monoisotopic (exact) mass is 280 g/mol. The van der Waals surface area contributed by atoms with Crippen molar-refractivity contribution in [3.05, 3.63) is 23.8 Å². The highest BCUT2D eigenvalue weighted by Crippen LogP contribution is 2.27. The number of ether oxygens (including phenoxy) is 2. The minimum atomic E-state index is -0.289. The van der Waals surface area contributed by atoms with Gasteiger partial charge in [-0.3, -0.25) is 4.79 Å². The summed E-state index contributed by atoms with van der Waals surface area (Å²) in [7, 11) is 3.16. The van der Waals surface area contributed by atoms with Gasteiger partial charge in [-0.05, 0) is 44.5 Å². The molecular weight excluding hydrogens is 256 g/mol. The predicted octanol–water partition coefficient (Wildman–Crippen LogP) is 1.49. The lowest BCUT2D eigenvalue weighted by Crippen LogP contribution is -2.45. The van der Waals surface area contributed by atoms with Gasteiger partial charge in [0.15, 0.2) is 11.5 Å². The fourth-order valence-corrected chi connectivity index (χ4v) is 2.02. The molecule has 20 heavy (non-hydrogen) atoms. The molecule has 0 spiro atoms. The molecule has 0 aromatic heterocycles. The molecule has 0 aliphatic carbocycles. The van der Waals surface area contributed by atoms with Crippen LogP contribution in [0.1, 0.15) is 25.8 Å². The van der Waals surface area contributed by atoms with Crippen LogP contribution in [-0.2, 0) is 11.2 Å². The van der Waals surface area contributed by atoms with Crippen LogP contribution in [-0.4, -0.2) is 32.2 Å². The zero-order valence-electron chi connectivity index (χ0n) is 12.7. The van der Waals surface area contributed by atoms with Gasteiger partial charge < -0.3 is 20.5 Å². The van der Waals surface area contributed by atoms with Gasteiger partial charge in [-0.15, -0.1) is 0 Å². The molecule has 0 bridgehead atoms. The Balaban J connectivity index is 2.71. The molecule has 1 aromatic rings. The third kappa shape index (κ3) is 4.74. The third-order valence-corrected chi connectivity index (χ3v) is 3.06. The van der Waals surface area contributed by atoms with E-state index in [1.54, 1.807) is 20.3 Å². The molecule has 1 amide bonds. The molecule has 0 aliphatic rings. The Morgan fingerprint density at radius 3 is 2.45 bits per heavy atom. The van der Waals surface area contributed by atoms with Crippen molar-refractivity contribution < 1.29 is 14.3 Å². The van der Waals surface area contributed by atoms with Crippen molar-refractivity contribution in [3.63, 3.8) is 0 Å². The van der Waals surface area contributed by atoms with E-state index in [0.29, 0.717) is 24.5 Å². The Bertz CT molecular complexity index is 458. The number of hydrogen-bond acceptors (Lipinski definition) is 4. The Morgan fingerprint density at radius 2 is 1.90 bits per heavy atom. The third-order valence-electron chi connectivity index (χ3n) is 3.06. The van der Waals surface area contributed by atoms with Crippen molar-refractivity contribution >= 4 is 5.91 Å². The summed E-state index contributed by atoms with van der Waals surface area (Å²) in [5, 5.41) is 2.98. The van der Waals surface area contributed by atoms with Gasteiger partial charge in [0.1, 0.15) is 0 Å². The number of carbonyl (C=O) groups excluding carboxylic acids is 1. The SMILES string of the molecule is COc1ccc(CC(=O)NC(C)(C)CCN)cc1OC. The second-order valence-corrected chi connectivity index (χ2v) is 5.34. The molecule has 0 aliphatic heterocycles. The molecule has 1 aromatic carbocycles. The Kier molecular flexibility index (Phi) is 5.82. The maximum Gasteiger partial charge on any atom is 0.224 e. The van der Waals surface area contributed by atoms with Crippen LogP contribution in [0.3, 0.4) is 0 Å². The molecule has 3 N–H and O–H groups in total. The van der Waals surface area contributed by atoms with Crippen LogP contribution in [0.2, 0.25) is 0 Å². The van der Waals surface area contributed by atoms with E-state index in [2.05, 4.69) is 5.32 Å². The van der Waals surface area contributed by atoms with Gasteiger partial charge in [-0.25, -0.2) is 0 Å². The molecule has 0 saturated carbocycles. The van der Waals surface area contributed by atoms with Crippen molar-refractivity contribution in [2.75, 3.05) is 20.8 Å². The van der Waals surface area contributed by atoms with Crippen LogP contribution in [0.5, 0.6) is 11.5 Å². The first-order valence-electron chi connectivity index (χ1n) is 6.64. The van der Waals surface area contributed by atoms with Crippen molar-refractivity contribution in [2.45, 2.75) is 32.2 Å². The summed E-state index contributed by atoms with van der Waals surface area (Å²) < 4.78 is 10.4. The Labute approximate surface area is 120 Å². The summed E-state index contributed by atoms with van der Waals surface area (Å²) in [6.45, 7) is 4.47. The van der Waals surface area contributed by atoms with Gasteiger partial charge in [-0.1, -0.05) is 6.07 Å².